The molecule has 0 aliphatic rings. The van der Waals surface area contributed by atoms with Crippen LogP contribution in [0.2, 0.25) is 0 Å². The third kappa shape index (κ3) is 3.22. The van der Waals surface area contributed by atoms with Gasteiger partial charge in [0.1, 0.15) is 12.1 Å². The topological polar surface area (TPSA) is 81.8 Å². The minimum atomic E-state index is -0.312. The Hall–Kier alpha value is -3.74. The predicted molar refractivity (Wildman–Crippen MR) is 103 cm³/mol. The van der Waals surface area contributed by atoms with Crippen molar-refractivity contribution in [2.24, 2.45) is 7.05 Å². The largest absolute Gasteiger partial charge is 0.330 e. The van der Waals surface area contributed by atoms with Gasteiger partial charge in [-0.25, -0.2) is 14.8 Å². The van der Waals surface area contributed by atoms with Crippen LogP contribution in [0.5, 0.6) is 0 Å². The fourth-order valence-corrected chi connectivity index (χ4v) is 2.92. The number of hydrogen-bond donors (Lipinski definition) is 1. The maximum atomic E-state index is 12.6. The third-order valence-electron chi connectivity index (χ3n) is 4.27. The summed E-state index contributed by atoms with van der Waals surface area (Å²) in [5.41, 5.74) is 2.24. The second-order valence-electron chi connectivity index (χ2n) is 6.11. The summed E-state index contributed by atoms with van der Waals surface area (Å²) in [5.74, 6) is 0.243. The molecular weight excluding hydrogens is 342 g/mol. The highest BCUT2D eigenvalue weighted by Crippen LogP contribution is 2.17. The smallest absolute Gasteiger partial charge is 0.325 e. The quantitative estimate of drug-likeness (QED) is 0.607. The fraction of sp³-hybridized carbons (Fsp3) is 0.100. The molecule has 0 atom stereocenters. The van der Waals surface area contributed by atoms with E-state index in [2.05, 4.69) is 15.3 Å². The van der Waals surface area contributed by atoms with Gasteiger partial charge in [0.25, 0.3) is 0 Å². The summed E-state index contributed by atoms with van der Waals surface area (Å²) >= 11 is 0. The van der Waals surface area contributed by atoms with Crippen molar-refractivity contribution in [1.29, 1.82) is 0 Å². The molecule has 0 saturated heterocycles. The zero-order valence-electron chi connectivity index (χ0n) is 14.7. The molecule has 4 aromatic rings. The van der Waals surface area contributed by atoms with Gasteiger partial charge in [0, 0.05) is 18.3 Å². The maximum absolute atomic E-state index is 12.6. The highest BCUT2D eigenvalue weighted by atomic mass is 16.2. The van der Waals surface area contributed by atoms with Crippen LogP contribution in [-0.2, 0) is 18.4 Å². The van der Waals surface area contributed by atoms with Crippen LogP contribution in [0.3, 0.4) is 0 Å². The van der Waals surface area contributed by atoms with Crippen LogP contribution >= 0.6 is 0 Å². The fourth-order valence-electron chi connectivity index (χ4n) is 2.92. The molecule has 7 heteroatoms. The van der Waals surface area contributed by atoms with E-state index in [1.54, 1.807) is 25.4 Å². The van der Waals surface area contributed by atoms with E-state index < -0.39 is 0 Å². The molecule has 0 aliphatic heterocycles. The third-order valence-corrected chi connectivity index (χ3v) is 4.27. The van der Waals surface area contributed by atoms with Crippen LogP contribution < -0.4 is 11.0 Å². The van der Waals surface area contributed by atoms with E-state index in [-0.39, 0.29) is 18.1 Å². The first-order chi connectivity index (χ1) is 13.1. The Kier molecular flexibility index (Phi) is 4.25. The van der Waals surface area contributed by atoms with Gasteiger partial charge >= 0.3 is 5.69 Å². The average molecular weight is 359 g/mol. The molecule has 0 aliphatic carbocycles. The zero-order valence-corrected chi connectivity index (χ0v) is 14.7. The summed E-state index contributed by atoms with van der Waals surface area (Å²) in [6.45, 7) is -0.112. The van der Waals surface area contributed by atoms with Crippen LogP contribution in [-0.4, -0.2) is 25.0 Å². The molecule has 0 bridgehead atoms. The number of para-hydroxylation sites is 1. The van der Waals surface area contributed by atoms with Gasteiger partial charge in [-0.05, 0) is 12.1 Å². The molecule has 2 heterocycles. The minimum Gasteiger partial charge on any atom is -0.325 e. The van der Waals surface area contributed by atoms with E-state index in [4.69, 9.17) is 0 Å². The van der Waals surface area contributed by atoms with E-state index >= 15 is 0 Å². The van der Waals surface area contributed by atoms with Gasteiger partial charge in [-0.1, -0.05) is 48.5 Å². The molecule has 0 spiro atoms. The van der Waals surface area contributed by atoms with E-state index in [1.165, 1.54) is 9.13 Å². The SMILES string of the molecule is Cn1c(=O)n(CC(=O)Nc2ccccc2)c2cnc(-c3ccccc3)nc21. The highest BCUT2D eigenvalue weighted by Gasteiger charge is 2.16. The van der Waals surface area contributed by atoms with Crippen molar-refractivity contribution in [3.63, 3.8) is 0 Å². The summed E-state index contributed by atoms with van der Waals surface area (Å²) in [4.78, 5) is 33.8. The first kappa shape index (κ1) is 16.7. The molecule has 0 radical (unpaired) electrons. The summed E-state index contributed by atoms with van der Waals surface area (Å²) in [6.07, 6.45) is 1.59. The van der Waals surface area contributed by atoms with E-state index in [9.17, 15) is 9.59 Å². The number of rotatable bonds is 4. The van der Waals surface area contributed by atoms with Crippen molar-refractivity contribution >= 4 is 22.8 Å². The molecule has 134 valence electrons. The van der Waals surface area contributed by atoms with Crippen LogP contribution in [0.4, 0.5) is 5.69 Å². The van der Waals surface area contributed by atoms with Crippen molar-refractivity contribution in [3.8, 4) is 11.4 Å². The number of amides is 1. The number of imidazole rings is 1. The van der Waals surface area contributed by atoms with Crippen molar-refractivity contribution in [2.45, 2.75) is 6.54 Å². The molecule has 7 nitrogen and oxygen atoms in total. The Morgan fingerprint density at radius 1 is 1.04 bits per heavy atom. The summed E-state index contributed by atoms with van der Waals surface area (Å²) < 4.78 is 2.81. The predicted octanol–water partition coefficient (Wildman–Crippen LogP) is 2.44. The number of nitrogens with one attached hydrogen (secondary N) is 1. The lowest BCUT2D eigenvalue weighted by Gasteiger charge is -2.06. The normalized spacial score (nSPS) is 10.9. The van der Waals surface area contributed by atoms with Gasteiger partial charge < -0.3 is 5.32 Å². The molecule has 27 heavy (non-hydrogen) atoms. The molecule has 1 amide bonds. The Balaban J connectivity index is 1.68. The molecular formula is C20H17N5O2. The van der Waals surface area contributed by atoms with E-state index in [0.29, 0.717) is 22.7 Å². The number of carbonyl (C=O) groups excluding carboxylic acids is 1. The molecule has 0 unspecified atom stereocenters. The monoisotopic (exact) mass is 359 g/mol. The maximum Gasteiger partial charge on any atom is 0.330 e. The number of hydrogen-bond acceptors (Lipinski definition) is 4. The number of aromatic nitrogens is 4. The first-order valence-electron chi connectivity index (χ1n) is 8.46. The van der Waals surface area contributed by atoms with Crippen LogP contribution in [0.15, 0.2) is 71.7 Å². The summed E-state index contributed by atoms with van der Waals surface area (Å²) in [6, 6.07) is 18.6. The van der Waals surface area contributed by atoms with E-state index in [0.717, 1.165) is 5.56 Å². The Bertz CT molecular complexity index is 1160. The molecule has 4 rings (SSSR count). The summed E-state index contributed by atoms with van der Waals surface area (Å²) in [7, 11) is 1.64. The lowest BCUT2D eigenvalue weighted by Crippen LogP contribution is -2.28. The number of fused-ring (bicyclic) bond motifs is 1. The van der Waals surface area contributed by atoms with Crippen LogP contribution in [0.25, 0.3) is 22.6 Å². The van der Waals surface area contributed by atoms with Crippen molar-refractivity contribution < 1.29 is 4.79 Å². The van der Waals surface area contributed by atoms with Gasteiger partial charge in [-0.15, -0.1) is 0 Å². The van der Waals surface area contributed by atoms with Gasteiger partial charge in [-0.3, -0.25) is 13.9 Å². The number of nitrogens with zero attached hydrogens (tertiary/aromatic N) is 4. The average Bonchev–Trinajstić information content (AvgIpc) is 2.94. The van der Waals surface area contributed by atoms with Crippen LogP contribution in [0, 0.1) is 0 Å². The van der Waals surface area contributed by atoms with Crippen molar-refractivity contribution in [2.75, 3.05) is 5.32 Å². The molecule has 0 saturated carbocycles. The highest BCUT2D eigenvalue weighted by molar-refractivity contribution is 5.91. The lowest BCUT2D eigenvalue weighted by molar-refractivity contribution is -0.116. The van der Waals surface area contributed by atoms with Gasteiger partial charge in [0.2, 0.25) is 5.91 Å². The molecule has 2 aromatic carbocycles. The Morgan fingerprint density at radius 2 is 1.70 bits per heavy atom. The minimum absolute atomic E-state index is 0.112. The molecule has 2 aromatic heterocycles. The van der Waals surface area contributed by atoms with Crippen LogP contribution in [0.1, 0.15) is 0 Å². The lowest BCUT2D eigenvalue weighted by atomic mass is 10.2. The number of carbonyl (C=O) groups is 1. The van der Waals surface area contributed by atoms with Crippen molar-refractivity contribution in [3.05, 3.63) is 77.3 Å². The first-order valence-corrected chi connectivity index (χ1v) is 8.46. The van der Waals surface area contributed by atoms with E-state index in [1.807, 2.05) is 48.5 Å². The van der Waals surface area contributed by atoms with Gasteiger partial charge in [-0.2, -0.15) is 0 Å². The van der Waals surface area contributed by atoms with Crippen molar-refractivity contribution in [1.82, 2.24) is 19.1 Å². The number of benzene rings is 2. The van der Waals surface area contributed by atoms with Gasteiger partial charge in [0.15, 0.2) is 11.5 Å². The van der Waals surface area contributed by atoms with Gasteiger partial charge in [0.05, 0.1) is 6.20 Å². The second kappa shape index (κ2) is 6.87. The zero-order chi connectivity index (χ0) is 18.8. The number of aryl methyl sites for hydroxylation is 1. The second-order valence-corrected chi connectivity index (χ2v) is 6.11. The standard InChI is InChI=1S/C20H17N5O2/c1-24-19-16(12-21-18(23-19)14-8-4-2-5-9-14)25(20(24)27)13-17(26)22-15-10-6-3-7-11-15/h2-12H,13H2,1H3,(H,22,26). The summed E-state index contributed by atoms with van der Waals surface area (Å²) in [5, 5.41) is 2.78. The Morgan fingerprint density at radius 3 is 2.41 bits per heavy atom. The molecule has 0 fully saturated rings. The Labute approximate surface area is 154 Å². The number of anilines is 1. The molecule has 1 N–H and O–H groups in total.